The third-order valence-electron chi connectivity index (χ3n) is 12.4. The van der Waals surface area contributed by atoms with E-state index in [2.05, 4.69) is 179 Å². The highest BCUT2D eigenvalue weighted by Crippen LogP contribution is 2.42. The number of fused-ring (bicyclic) bond motifs is 10. The van der Waals surface area contributed by atoms with Crippen molar-refractivity contribution in [2.45, 2.75) is 0 Å². The minimum atomic E-state index is 0.578. The van der Waals surface area contributed by atoms with Crippen molar-refractivity contribution in [3.8, 4) is 56.7 Å². The Bertz CT molecular complexity index is 3890. The van der Waals surface area contributed by atoms with E-state index in [1.807, 2.05) is 42.5 Å². The normalized spacial score (nSPS) is 11.8. The molecule has 6 heteroatoms. The van der Waals surface area contributed by atoms with E-state index in [1.165, 1.54) is 32.6 Å². The molecular weight excluding hydrogens is 771 g/mol. The van der Waals surface area contributed by atoms with Gasteiger partial charge < -0.3 is 13.6 Å². The lowest BCUT2D eigenvalue weighted by Gasteiger charge is -2.13. The summed E-state index contributed by atoms with van der Waals surface area (Å²) in [6.07, 6.45) is 0. The second-order valence-electron chi connectivity index (χ2n) is 16.0. The average molecular weight is 806 g/mol. The highest BCUT2D eigenvalue weighted by molar-refractivity contribution is 6.23. The molecule has 0 amide bonds. The van der Waals surface area contributed by atoms with Crippen molar-refractivity contribution in [2.24, 2.45) is 0 Å². The van der Waals surface area contributed by atoms with Gasteiger partial charge in [-0.2, -0.15) is 0 Å². The van der Waals surface area contributed by atoms with Crippen LogP contribution in [0.1, 0.15) is 0 Å². The van der Waals surface area contributed by atoms with Gasteiger partial charge in [0.15, 0.2) is 17.5 Å². The molecule has 0 aliphatic carbocycles. The monoisotopic (exact) mass is 805 g/mol. The highest BCUT2D eigenvalue weighted by atomic mass is 16.3. The molecule has 0 spiro atoms. The summed E-state index contributed by atoms with van der Waals surface area (Å²) >= 11 is 0. The van der Waals surface area contributed by atoms with Gasteiger partial charge in [-0.05, 0) is 83.9 Å². The molecule has 13 aromatic rings. The van der Waals surface area contributed by atoms with Gasteiger partial charge in [-0.3, -0.25) is 0 Å². The Balaban J connectivity index is 0.965. The Kier molecular flexibility index (Phi) is 7.80. The van der Waals surface area contributed by atoms with E-state index in [0.29, 0.717) is 17.5 Å². The van der Waals surface area contributed by atoms with E-state index in [0.717, 1.165) is 72.2 Å². The lowest BCUT2D eigenvalue weighted by Crippen LogP contribution is -2.01. The molecule has 0 atom stereocenters. The summed E-state index contributed by atoms with van der Waals surface area (Å²) in [7, 11) is 0. The Morgan fingerprint density at radius 1 is 0.286 bits per heavy atom. The predicted molar refractivity (Wildman–Crippen MR) is 258 cm³/mol. The quantitative estimate of drug-likeness (QED) is 0.168. The van der Waals surface area contributed by atoms with Gasteiger partial charge >= 0.3 is 0 Å². The van der Waals surface area contributed by atoms with Crippen molar-refractivity contribution >= 4 is 65.6 Å². The van der Waals surface area contributed by atoms with Crippen LogP contribution in [0.3, 0.4) is 0 Å². The minimum Gasteiger partial charge on any atom is -0.456 e. The van der Waals surface area contributed by atoms with Crippen molar-refractivity contribution in [3.05, 3.63) is 212 Å². The number of para-hydroxylation sites is 3. The maximum atomic E-state index is 6.52. The SMILES string of the molecule is c1ccc(-c2ccc3c(c2)oc2cc(-c4nc(-c5ccccc5)nc(-c5ccc(-n6c7ccccc7c7ccc8c9ccccc9n(-c9ccccc9)c8c76)cc5)n4)ccc23)cc1. The highest BCUT2D eigenvalue weighted by Gasteiger charge is 2.22. The van der Waals surface area contributed by atoms with E-state index in [1.54, 1.807) is 0 Å². The first-order chi connectivity index (χ1) is 31.2. The van der Waals surface area contributed by atoms with Crippen molar-refractivity contribution in [1.82, 2.24) is 24.1 Å². The zero-order valence-corrected chi connectivity index (χ0v) is 33.9. The number of rotatable bonds is 6. The second-order valence-corrected chi connectivity index (χ2v) is 16.0. The van der Waals surface area contributed by atoms with E-state index < -0.39 is 0 Å². The number of hydrogen-bond acceptors (Lipinski definition) is 4. The van der Waals surface area contributed by atoms with E-state index >= 15 is 0 Å². The van der Waals surface area contributed by atoms with Crippen LogP contribution in [-0.4, -0.2) is 24.1 Å². The fourth-order valence-electron chi connectivity index (χ4n) is 9.45. The van der Waals surface area contributed by atoms with Crippen LogP contribution in [0.2, 0.25) is 0 Å². The van der Waals surface area contributed by atoms with Crippen LogP contribution >= 0.6 is 0 Å². The van der Waals surface area contributed by atoms with Crippen LogP contribution in [0.25, 0.3) is 122 Å². The smallest absolute Gasteiger partial charge is 0.164 e. The number of benzene rings is 9. The topological polar surface area (TPSA) is 61.7 Å². The summed E-state index contributed by atoms with van der Waals surface area (Å²) in [6, 6.07) is 74.4. The first kappa shape index (κ1) is 35.2. The van der Waals surface area contributed by atoms with Gasteiger partial charge in [0.25, 0.3) is 0 Å². The number of furan rings is 1. The summed E-state index contributed by atoms with van der Waals surface area (Å²) in [5.74, 6) is 1.78. The molecule has 4 heterocycles. The molecule has 63 heavy (non-hydrogen) atoms. The Morgan fingerprint density at radius 3 is 1.25 bits per heavy atom. The maximum Gasteiger partial charge on any atom is 0.164 e. The van der Waals surface area contributed by atoms with Gasteiger partial charge in [0.05, 0.1) is 22.1 Å². The number of aromatic nitrogens is 5. The Hall–Kier alpha value is -8.61. The van der Waals surface area contributed by atoms with Gasteiger partial charge in [0.1, 0.15) is 11.2 Å². The molecule has 0 radical (unpaired) electrons. The van der Waals surface area contributed by atoms with Gasteiger partial charge in [-0.15, -0.1) is 0 Å². The van der Waals surface area contributed by atoms with Gasteiger partial charge in [-0.25, -0.2) is 15.0 Å². The first-order valence-corrected chi connectivity index (χ1v) is 21.2. The lowest BCUT2D eigenvalue weighted by atomic mass is 10.0. The third kappa shape index (κ3) is 5.62. The zero-order chi connectivity index (χ0) is 41.4. The van der Waals surface area contributed by atoms with Crippen molar-refractivity contribution in [3.63, 3.8) is 0 Å². The minimum absolute atomic E-state index is 0.578. The van der Waals surface area contributed by atoms with E-state index in [9.17, 15) is 0 Å². The van der Waals surface area contributed by atoms with Crippen LogP contribution in [-0.2, 0) is 0 Å². The molecule has 0 N–H and O–H groups in total. The molecule has 0 fully saturated rings. The maximum absolute atomic E-state index is 6.52. The van der Waals surface area contributed by atoms with E-state index in [4.69, 9.17) is 19.4 Å². The summed E-state index contributed by atoms with van der Waals surface area (Å²) in [4.78, 5) is 15.3. The van der Waals surface area contributed by atoms with Crippen LogP contribution in [0.4, 0.5) is 0 Å². The van der Waals surface area contributed by atoms with Gasteiger partial charge in [0, 0.05) is 60.4 Å². The second kappa shape index (κ2) is 14.0. The Labute approximate surface area is 361 Å². The number of nitrogens with zero attached hydrogens (tertiary/aromatic N) is 5. The summed E-state index contributed by atoms with van der Waals surface area (Å²) in [5, 5.41) is 6.97. The fourth-order valence-corrected chi connectivity index (χ4v) is 9.45. The standard InChI is InChI=1S/C57H35N5O/c1-4-14-36(15-5-1)39-26-30-45-46-31-27-40(35-52(46)63-51(45)34-39)57-59-55(37-16-6-2-7-17-37)58-56(60-57)38-24-28-42(29-25-38)62-50-23-13-11-21-44(50)48-33-32-47-43-20-10-12-22-49(43)61(53(47)54(48)62)41-18-8-3-9-19-41/h1-35H. The molecular formula is C57H35N5O. The van der Waals surface area contributed by atoms with Crippen molar-refractivity contribution < 1.29 is 4.42 Å². The lowest BCUT2D eigenvalue weighted by molar-refractivity contribution is 0.669. The van der Waals surface area contributed by atoms with Crippen molar-refractivity contribution in [1.29, 1.82) is 0 Å². The first-order valence-electron chi connectivity index (χ1n) is 21.2. The molecule has 6 nitrogen and oxygen atoms in total. The van der Waals surface area contributed by atoms with Crippen LogP contribution < -0.4 is 0 Å². The summed E-state index contributed by atoms with van der Waals surface area (Å²) in [5.41, 5.74) is 13.4. The average Bonchev–Trinajstić information content (AvgIpc) is 4.02. The molecule has 0 aliphatic rings. The Morgan fingerprint density at radius 2 is 0.683 bits per heavy atom. The molecule has 0 bridgehead atoms. The predicted octanol–water partition coefficient (Wildman–Crippen LogP) is 14.6. The van der Waals surface area contributed by atoms with Gasteiger partial charge in [0.2, 0.25) is 0 Å². The summed E-state index contributed by atoms with van der Waals surface area (Å²) in [6.45, 7) is 0. The van der Waals surface area contributed by atoms with Crippen molar-refractivity contribution in [2.75, 3.05) is 0 Å². The third-order valence-corrected chi connectivity index (χ3v) is 12.4. The molecule has 4 aromatic heterocycles. The zero-order valence-electron chi connectivity index (χ0n) is 33.9. The molecule has 294 valence electrons. The van der Waals surface area contributed by atoms with Crippen LogP contribution in [0, 0.1) is 0 Å². The molecule has 0 saturated heterocycles. The summed E-state index contributed by atoms with van der Waals surface area (Å²) < 4.78 is 11.3. The molecule has 0 unspecified atom stereocenters. The van der Waals surface area contributed by atoms with E-state index in [-0.39, 0.29) is 0 Å². The molecule has 13 rings (SSSR count). The van der Waals surface area contributed by atoms with Crippen LogP contribution in [0.5, 0.6) is 0 Å². The molecule has 0 aliphatic heterocycles. The van der Waals surface area contributed by atoms with Gasteiger partial charge in [-0.1, -0.05) is 140 Å². The number of hydrogen-bond donors (Lipinski definition) is 0. The molecule has 0 saturated carbocycles. The fraction of sp³-hybridized carbons (Fsp3) is 0. The largest absolute Gasteiger partial charge is 0.456 e. The van der Waals surface area contributed by atoms with Crippen LogP contribution in [0.15, 0.2) is 217 Å². The molecule has 9 aromatic carbocycles.